The molecule has 0 bridgehead atoms. The van der Waals surface area contributed by atoms with Gasteiger partial charge in [-0.05, 0) is 43.4 Å². The summed E-state index contributed by atoms with van der Waals surface area (Å²) in [6.07, 6.45) is 6.00. The van der Waals surface area contributed by atoms with Crippen LogP contribution in [-0.2, 0) is 6.42 Å². The van der Waals surface area contributed by atoms with E-state index < -0.39 is 5.60 Å². The van der Waals surface area contributed by atoms with Crippen LogP contribution in [0.4, 0.5) is 0 Å². The Morgan fingerprint density at radius 2 is 2.06 bits per heavy atom. The molecule has 0 aromatic heterocycles. The number of nitrogens with two attached hydrogens (primary N) is 1. The number of ether oxygens (including phenoxy) is 1. The summed E-state index contributed by atoms with van der Waals surface area (Å²) in [7, 11) is 0. The van der Waals surface area contributed by atoms with Crippen molar-refractivity contribution in [3.05, 3.63) is 29.8 Å². The first-order valence-electron chi connectivity index (χ1n) is 6.86. The van der Waals surface area contributed by atoms with Gasteiger partial charge in [0.05, 0.1) is 5.60 Å². The smallest absolute Gasteiger partial charge is 0.119 e. The second-order valence-electron chi connectivity index (χ2n) is 5.22. The first kappa shape index (κ1) is 13.4. The van der Waals surface area contributed by atoms with Gasteiger partial charge in [-0.2, -0.15) is 0 Å². The number of hydrogen-bond donors (Lipinski definition) is 2. The Morgan fingerprint density at radius 1 is 1.28 bits per heavy atom. The van der Waals surface area contributed by atoms with Crippen molar-refractivity contribution >= 4 is 0 Å². The molecule has 0 spiro atoms. The Kier molecular flexibility index (Phi) is 4.61. The highest BCUT2D eigenvalue weighted by Crippen LogP contribution is 2.33. The van der Waals surface area contributed by atoms with E-state index in [1.807, 2.05) is 18.2 Å². The monoisotopic (exact) mass is 249 g/mol. The third-order valence-electron chi connectivity index (χ3n) is 3.70. The van der Waals surface area contributed by atoms with E-state index in [0.29, 0.717) is 13.2 Å². The molecule has 3 heteroatoms. The SMILES string of the molecule is NCCOc1cccc(CCC2(O)CCCC2)c1. The van der Waals surface area contributed by atoms with Gasteiger partial charge in [0, 0.05) is 6.54 Å². The lowest BCUT2D eigenvalue weighted by Gasteiger charge is -2.21. The van der Waals surface area contributed by atoms with Crippen molar-refractivity contribution in [2.75, 3.05) is 13.2 Å². The minimum atomic E-state index is -0.422. The summed E-state index contributed by atoms with van der Waals surface area (Å²) in [4.78, 5) is 0. The third kappa shape index (κ3) is 3.72. The van der Waals surface area contributed by atoms with Crippen LogP contribution < -0.4 is 10.5 Å². The van der Waals surface area contributed by atoms with Crippen LogP contribution in [0.5, 0.6) is 5.75 Å². The van der Waals surface area contributed by atoms with Crippen LogP contribution in [0.3, 0.4) is 0 Å². The van der Waals surface area contributed by atoms with Crippen LogP contribution in [0.2, 0.25) is 0 Å². The standard InChI is InChI=1S/C15H23NO2/c16-10-11-18-14-5-3-4-13(12-14)6-9-15(17)7-1-2-8-15/h3-5,12,17H,1-2,6-11,16H2. The fourth-order valence-corrected chi connectivity index (χ4v) is 2.63. The van der Waals surface area contributed by atoms with Gasteiger partial charge in [0.25, 0.3) is 0 Å². The van der Waals surface area contributed by atoms with E-state index in [2.05, 4.69) is 6.07 Å². The normalized spacial score (nSPS) is 17.9. The Labute approximate surface area is 109 Å². The van der Waals surface area contributed by atoms with Crippen LogP contribution in [0.1, 0.15) is 37.7 Å². The molecule has 0 unspecified atom stereocenters. The summed E-state index contributed by atoms with van der Waals surface area (Å²) in [5.41, 5.74) is 6.22. The number of rotatable bonds is 6. The zero-order valence-corrected chi connectivity index (χ0v) is 10.9. The molecule has 1 aliphatic rings. The lowest BCUT2D eigenvalue weighted by Crippen LogP contribution is -2.24. The highest BCUT2D eigenvalue weighted by Gasteiger charge is 2.30. The van der Waals surface area contributed by atoms with Crippen molar-refractivity contribution in [3.63, 3.8) is 0 Å². The summed E-state index contributed by atoms with van der Waals surface area (Å²) in [6.45, 7) is 1.08. The molecule has 0 radical (unpaired) electrons. The minimum Gasteiger partial charge on any atom is -0.492 e. The van der Waals surface area contributed by atoms with E-state index in [0.717, 1.165) is 44.3 Å². The number of hydrogen-bond acceptors (Lipinski definition) is 3. The zero-order valence-electron chi connectivity index (χ0n) is 10.9. The van der Waals surface area contributed by atoms with E-state index in [-0.39, 0.29) is 0 Å². The number of aliphatic hydroxyl groups is 1. The first-order chi connectivity index (χ1) is 8.72. The van der Waals surface area contributed by atoms with Crippen molar-refractivity contribution in [3.8, 4) is 5.75 Å². The summed E-state index contributed by atoms with van der Waals surface area (Å²) < 4.78 is 5.51. The topological polar surface area (TPSA) is 55.5 Å². The van der Waals surface area contributed by atoms with Gasteiger partial charge in [0.2, 0.25) is 0 Å². The van der Waals surface area contributed by atoms with Crippen LogP contribution in [0.25, 0.3) is 0 Å². The van der Waals surface area contributed by atoms with Gasteiger partial charge in [-0.1, -0.05) is 25.0 Å². The van der Waals surface area contributed by atoms with Crippen LogP contribution in [-0.4, -0.2) is 23.9 Å². The molecule has 0 saturated heterocycles. The Balaban J connectivity index is 1.88. The lowest BCUT2D eigenvalue weighted by molar-refractivity contribution is 0.0391. The molecule has 1 aromatic rings. The van der Waals surface area contributed by atoms with Crippen molar-refractivity contribution < 1.29 is 9.84 Å². The molecular formula is C15H23NO2. The fraction of sp³-hybridized carbons (Fsp3) is 0.600. The molecule has 0 aliphatic heterocycles. The zero-order chi connectivity index (χ0) is 12.8. The molecule has 3 N–H and O–H groups in total. The van der Waals surface area contributed by atoms with Gasteiger partial charge in [0.1, 0.15) is 12.4 Å². The quantitative estimate of drug-likeness (QED) is 0.813. The van der Waals surface area contributed by atoms with E-state index in [9.17, 15) is 5.11 Å². The summed E-state index contributed by atoms with van der Waals surface area (Å²) in [5, 5.41) is 10.3. The number of benzene rings is 1. The Hall–Kier alpha value is -1.06. The third-order valence-corrected chi connectivity index (χ3v) is 3.70. The van der Waals surface area contributed by atoms with E-state index >= 15 is 0 Å². The predicted molar refractivity (Wildman–Crippen MR) is 72.7 cm³/mol. The minimum absolute atomic E-state index is 0.422. The number of aryl methyl sites for hydroxylation is 1. The predicted octanol–water partition coefficient (Wildman–Crippen LogP) is 2.26. The second kappa shape index (κ2) is 6.21. The van der Waals surface area contributed by atoms with E-state index in [1.165, 1.54) is 5.56 Å². The van der Waals surface area contributed by atoms with Gasteiger partial charge in [-0.3, -0.25) is 0 Å². The highest BCUT2D eigenvalue weighted by molar-refractivity contribution is 5.28. The van der Waals surface area contributed by atoms with Crippen molar-refractivity contribution in [1.82, 2.24) is 0 Å². The molecule has 0 atom stereocenters. The molecule has 1 aromatic carbocycles. The summed E-state index contributed by atoms with van der Waals surface area (Å²) in [5.74, 6) is 0.872. The Morgan fingerprint density at radius 3 is 2.78 bits per heavy atom. The van der Waals surface area contributed by atoms with Crippen molar-refractivity contribution in [1.29, 1.82) is 0 Å². The van der Waals surface area contributed by atoms with Gasteiger partial charge in [-0.25, -0.2) is 0 Å². The van der Waals surface area contributed by atoms with Crippen LogP contribution in [0, 0.1) is 0 Å². The lowest BCUT2D eigenvalue weighted by atomic mass is 9.93. The van der Waals surface area contributed by atoms with Gasteiger partial charge < -0.3 is 15.6 Å². The fourth-order valence-electron chi connectivity index (χ4n) is 2.63. The van der Waals surface area contributed by atoms with Crippen molar-refractivity contribution in [2.45, 2.75) is 44.1 Å². The molecule has 18 heavy (non-hydrogen) atoms. The van der Waals surface area contributed by atoms with E-state index in [4.69, 9.17) is 10.5 Å². The molecule has 2 rings (SSSR count). The molecule has 1 aliphatic carbocycles. The van der Waals surface area contributed by atoms with Crippen LogP contribution in [0.15, 0.2) is 24.3 Å². The second-order valence-corrected chi connectivity index (χ2v) is 5.22. The summed E-state index contributed by atoms with van der Waals surface area (Å²) in [6, 6.07) is 8.09. The maximum absolute atomic E-state index is 10.3. The average Bonchev–Trinajstić information content (AvgIpc) is 2.82. The van der Waals surface area contributed by atoms with Gasteiger partial charge in [-0.15, -0.1) is 0 Å². The highest BCUT2D eigenvalue weighted by atomic mass is 16.5. The molecule has 1 fully saturated rings. The first-order valence-corrected chi connectivity index (χ1v) is 6.86. The molecular weight excluding hydrogens is 226 g/mol. The summed E-state index contributed by atoms with van der Waals surface area (Å²) >= 11 is 0. The van der Waals surface area contributed by atoms with Crippen molar-refractivity contribution in [2.24, 2.45) is 5.73 Å². The van der Waals surface area contributed by atoms with Gasteiger partial charge >= 0.3 is 0 Å². The molecule has 3 nitrogen and oxygen atoms in total. The van der Waals surface area contributed by atoms with Gasteiger partial charge in [0.15, 0.2) is 0 Å². The largest absolute Gasteiger partial charge is 0.492 e. The average molecular weight is 249 g/mol. The Bertz CT molecular complexity index is 373. The molecule has 0 heterocycles. The molecule has 0 amide bonds. The molecule has 100 valence electrons. The van der Waals surface area contributed by atoms with E-state index in [1.54, 1.807) is 0 Å². The molecule has 1 saturated carbocycles. The maximum atomic E-state index is 10.3. The van der Waals surface area contributed by atoms with Crippen LogP contribution >= 0.6 is 0 Å². The maximum Gasteiger partial charge on any atom is 0.119 e.